The minimum Gasteiger partial charge on any atom is -0.361 e. The molecule has 0 spiro atoms. The monoisotopic (exact) mass is 493 g/mol. The Bertz CT molecular complexity index is 1380. The zero-order chi connectivity index (χ0) is 25.8. The average molecular weight is 494 g/mol. The normalized spacial score (nSPS) is 14.9. The highest BCUT2D eigenvalue weighted by atomic mass is 16.2. The number of carbonyl (C=O) groups is 2. The second-order valence-corrected chi connectivity index (χ2v) is 10.3. The van der Waals surface area contributed by atoms with Gasteiger partial charge in [0.1, 0.15) is 5.54 Å². The first kappa shape index (κ1) is 24.8. The average Bonchev–Trinajstić information content (AvgIpc) is 3.33. The smallest absolute Gasteiger partial charge is 0.250 e. The third-order valence-electron chi connectivity index (χ3n) is 7.84. The van der Waals surface area contributed by atoms with Crippen molar-refractivity contribution in [3.8, 4) is 0 Å². The minimum atomic E-state index is -0.897. The molecule has 0 saturated heterocycles. The maximum Gasteiger partial charge on any atom is 0.250 e. The standard InChI is InChI=1S/C32H35N3O2/c1-23-12-11-13-24(2)30(23)34-31(37)32(18-9-4-10-19-32)35(22-25-14-5-3-6-15-25)29(36)20-26-21-33-28-17-8-7-16-27(26)28/h3,5-8,11-17,21,33H,4,9-10,18-20,22H2,1-2H3,(H,34,37). The zero-order valence-electron chi connectivity index (χ0n) is 21.7. The van der Waals surface area contributed by atoms with Crippen LogP contribution >= 0.6 is 0 Å². The van der Waals surface area contributed by atoms with Crippen molar-refractivity contribution in [3.63, 3.8) is 0 Å². The number of amides is 2. The molecule has 37 heavy (non-hydrogen) atoms. The summed E-state index contributed by atoms with van der Waals surface area (Å²) in [5.74, 6) is -0.0973. The van der Waals surface area contributed by atoms with E-state index in [0.717, 1.165) is 58.1 Å². The van der Waals surface area contributed by atoms with Crippen molar-refractivity contribution in [1.29, 1.82) is 0 Å². The molecular weight excluding hydrogens is 458 g/mol. The first-order chi connectivity index (χ1) is 18.0. The molecule has 1 aromatic heterocycles. The van der Waals surface area contributed by atoms with Crippen LogP contribution in [0.25, 0.3) is 10.9 Å². The van der Waals surface area contributed by atoms with Crippen LogP contribution in [0.15, 0.2) is 79.0 Å². The van der Waals surface area contributed by atoms with Crippen LogP contribution in [0.1, 0.15) is 54.4 Å². The maximum atomic E-state index is 14.2. The number of benzene rings is 3. The van der Waals surface area contributed by atoms with Crippen molar-refractivity contribution in [2.45, 2.75) is 64.5 Å². The van der Waals surface area contributed by atoms with Gasteiger partial charge in [0.15, 0.2) is 0 Å². The summed E-state index contributed by atoms with van der Waals surface area (Å²) < 4.78 is 0. The molecule has 3 aromatic carbocycles. The van der Waals surface area contributed by atoms with Gasteiger partial charge in [0, 0.05) is 29.3 Å². The SMILES string of the molecule is Cc1cccc(C)c1NC(=O)C1(N(Cc2ccccc2)C(=O)Cc2c[nH]c3ccccc23)CCCCC1. The number of hydrogen-bond acceptors (Lipinski definition) is 2. The summed E-state index contributed by atoms with van der Waals surface area (Å²) in [4.78, 5) is 33.6. The van der Waals surface area contributed by atoms with Crippen LogP contribution in [0.3, 0.4) is 0 Å². The molecule has 1 heterocycles. The van der Waals surface area contributed by atoms with Crippen molar-refractivity contribution in [1.82, 2.24) is 9.88 Å². The number of fused-ring (bicyclic) bond motifs is 1. The maximum absolute atomic E-state index is 14.2. The number of nitrogens with one attached hydrogen (secondary N) is 2. The lowest BCUT2D eigenvalue weighted by Crippen LogP contribution is -2.60. The number of aromatic nitrogens is 1. The highest BCUT2D eigenvalue weighted by molar-refractivity contribution is 6.02. The van der Waals surface area contributed by atoms with Crippen LogP contribution < -0.4 is 5.32 Å². The predicted octanol–water partition coefficient (Wildman–Crippen LogP) is 6.70. The van der Waals surface area contributed by atoms with E-state index >= 15 is 0 Å². The molecule has 1 aliphatic carbocycles. The first-order valence-electron chi connectivity index (χ1n) is 13.2. The van der Waals surface area contributed by atoms with Gasteiger partial charge >= 0.3 is 0 Å². The summed E-state index contributed by atoms with van der Waals surface area (Å²) >= 11 is 0. The fraction of sp³-hybridized carbons (Fsp3) is 0.312. The van der Waals surface area contributed by atoms with E-state index in [0.29, 0.717) is 19.4 Å². The van der Waals surface area contributed by atoms with Crippen LogP contribution in [0, 0.1) is 13.8 Å². The van der Waals surface area contributed by atoms with E-state index in [1.807, 2.05) is 97.7 Å². The van der Waals surface area contributed by atoms with E-state index in [-0.39, 0.29) is 18.2 Å². The number of anilines is 1. The van der Waals surface area contributed by atoms with Gasteiger partial charge in [0.25, 0.3) is 0 Å². The fourth-order valence-electron chi connectivity index (χ4n) is 5.78. The van der Waals surface area contributed by atoms with Crippen molar-refractivity contribution < 1.29 is 9.59 Å². The molecule has 0 bridgehead atoms. The van der Waals surface area contributed by atoms with Crippen molar-refractivity contribution in [2.75, 3.05) is 5.32 Å². The number of aromatic amines is 1. The molecule has 1 saturated carbocycles. The molecule has 0 aliphatic heterocycles. The van der Waals surface area contributed by atoms with E-state index in [1.165, 1.54) is 0 Å². The summed E-state index contributed by atoms with van der Waals surface area (Å²) in [6, 6.07) is 24.1. The summed E-state index contributed by atoms with van der Waals surface area (Å²) in [5, 5.41) is 4.31. The third kappa shape index (κ3) is 5.04. The van der Waals surface area contributed by atoms with Gasteiger partial charge in [-0.1, -0.05) is 86.0 Å². The van der Waals surface area contributed by atoms with Gasteiger partial charge in [-0.3, -0.25) is 9.59 Å². The molecular formula is C32H35N3O2. The second kappa shape index (κ2) is 10.6. The van der Waals surface area contributed by atoms with Gasteiger partial charge in [-0.05, 0) is 55.0 Å². The van der Waals surface area contributed by atoms with Gasteiger partial charge in [-0.25, -0.2) is 0 Å². The minimum absolute atomic E-state index is 0.0211. The van der Waals surface area contributed by atoms with Crippen LogP contribution in [-0.2, 0) is 22.6 Å². The van der Waals surface area contributed by atoms with Crippen LogP contribution in [0.2, 0.25) is 0 Å². The molecule has 1 aliphatic rings. The van der Waals surface area contributed by atoms with Gasteiger partial charge in [-0.15, -0.1) is 0 Å². The molecule has 190 valence electrons. The second-order valence-electron chi connectivity index (χ2n) is 10.3. The molecule has 5 heteroatoms. The van der Waals surface area contributed by atoms with Gasteiger partial charge in [0.2, 0.25) is 11.8 Å². The zero-order valence-corrected chi connectivity index (χ0v) is 21.7. The largest absolute Gasteiger partial charge is 0.361 e. The van der Waals surface area contributed by atoms with E-state index in [4.69, 9.17) is 0 Å². The van der Waals surface area contributed by atoms with Crippen molar-refractivity contribution in [2.24, 2.45) is 0 Å². The summed E-state index contributed by atoms with van der Waals surface area (Å²) in [5.41, 5.74) is 5.00. The number of H-pyrrole nitrogens is 1. The molecule has 0 radical (unpaired) electrons. The number of hydrogen-bond donors (Lipinski definition) is 2. The summed E-state index contributed by atoms with van der Waals surface area (Å²) in [6.45, 7) is 4.43. The number of para-hydroxylation sites is 2. The predicted molar refractivity (Wildman–Crippen MR) is 149 cm³/mol. The Labute approximate surface area is 218 Å². The summed E-state index contributed by atoms with van der Waals surface area (Å²) in [7, 11) is 0. The first-order valence-corrected chi connectivity index (χ1v) is 13.2. The van der Waals surface area contributed by atoms with E-state index in [1.54, 1.807) is 0 Å². The Hall–Kier alpha value is -3.86. The molecule has 2 amide bonds. The molecule has 0 unspecified atom stereocenters. The topological polar surface area (TPSA) is 65.2 Å². The highest BCUT2D eigenvalue weighted by Crippen LogP contribution is 2.37. The third-order valence-corrected chi connectivity index (χ3v) is 7.84. The molecule has 0 atom stereocenters. The lowest BCUT2D eigenvalue weighted by atomic mass is 9.78. The van der Waals surface area contributed by atoms with E-state index in [2.05, 4.69) is 10.3 Å². The lowest BCUT2D eigenvalue weighted by molar-refractivity contribution is -0.148. The Kier molecular flexibility index (Phi) is 7.13. The van der Waals surface area contributed by atoms with E-state index in [9.17, 15) is 9.59 Å². The molecule has 2 N–H and O–H groups in total. The van der Waals surface area contributed by atoms with Gasteiger partial charge in [-0.2, -0.15) is 0 Å². The Morgan fingerprint density at radius 2 is 1.54 bits per heavy atom. The Morgan fingerprint density at radius 1 is 0.865 bits per heavy atom. The van der Waals surface area contributed by atoms with Crippen molar-refractivity contribution >= 4 is 28.4 Å². The van der Waals surface area contributed by atoms with Crippen LogP contribution in [0.4, 0.5) is 5.69 Å². The van der Waals surface area contributed by atoms with Crippen molar-refractivity contribution in [3.05, 3.63) is 101 Å². The molecule has 5 nitrogen and oxygen atoms in total. The molecule has 4 aromatic rings. The number of aryl methyl sites for hydroxylation is 2. The van der Waals surface area contributed by atoms with E-state index < -0.39 is 5.54 Å². The Balaban J connectivity index is 1.53. The van der Waals surface area contributed by atoms with Crippen LogP contribution in [-0.4, -0.2) is 27.2 Å². The number of nitrogens with zero attached hydrogens (tertiary/aromatic N) is 1. The quantitative estimate of drug-likeness (QED) is 0.301. The number of carbonyl (C=O) groups excluding carboxylic acids is 2. The molecule has 5 rings (SSSR count). The lowest BCUT2D eigenvalue weighted by Gasteiger charge is -2.45. The molecule has 1 fully saturated rings. The van der Waals surface area contributed by atoms with Gasteiger partial charge in [0.05, 0.1) is 6.42 Å². The Morgan fingerprint density at radius 3 is 2.27 bits per heavy atom. The number of rotatable bonds is 7. The summed E-state index contributed by atoms with van der Waals surface area (Å²) in [6.07, 6.45) is 6.42. The van der Waals surface area contributed by atoms with Crippen LogP contribution in [0.5, 0.6) is 0 Å². The van der Waals surface area contributed by atoms with Gasteiger partial charge < -0.3 is 15.2 Å². The highest BCUT2D eigenvalue weighted by Gasteiger charge is 2.47. The fourth-order valence-corrected chi connectivity index (χ4v) is 5.78.